The number of ether oxygens (including phenoxy) is 1. The molecule has 0 aliphatic heterocycles. The van der Waals surface area contributed by atoms with Gasteiger partial charge in [-0.05, 0) is 11.6 Å². The first-order valence-corrected chi connectivity index (χ1v) is 7.11. The Morgan fingerprint density at radius 1 is 1.17 bits per heavy atom. The predicted octanol–water partition coefficient (Wildman–Crippen LogP) is 3.67. The number of rotatable bonds is 5. The number of carboxylic acid groups (broad SMARTS) is 1. The first-order chi connectivity index (χ1) is 11.4. The van der Waals surface area contributed by atoms with Gasteiger partial charge in [-0.2, -0.15) is 0 Å². The van der Waals surface area contributed by atoms with Gasteiger partial charge in [-0.3, -0.25) is 0 Å². The molecular weight excluding hydrogens is 344 g/mol. The number of carbonyl (C=O) groups is 2. The highest BCUT2D eigenvalue weighted by atomic mass is 35.5. The first-order valence-electron chi connectivity index (χ1n) is 6.73. The van der Waals surface area contributed by atoms with E-state index >= 15 is 0 Å². The van der Waals surface area contributed by atoms with Gasteiger partial charge in [-0.25, -0.2) is 18.4 Å². The Balaban J connectivity index is 2.10. The number of carboxylic acids is 1. The fraction of sp³-hybridized carbons (Fsp3) is 0.125. The van der Waals surface area contributed by atoms with E-state index in [9.17, 15) is 23.5 Å². The summed E-state index contributed by atoms with van der Waals surface area (Å²) >= 11 is 5.42. The number of aliphatic carboxylic acids is 1. The fourth-order valence-electron chi connectivity index (χ4n) is 1.92. The van der Waals surface area contributed by atoms with Crippen molar-refractivity contribution in [1.82, 2.24) is 5.32 Å². The van der Waals surface area contributed by atoms with Crippen molar-refractivity contribution in [3.63, 3.8) is 0 Å². The van der Waals surface area contributed by atoms with Gasteiger partial charge in [-0.1, -0.05) is 48.0 Å². The second kappa shape index (κ2) is 7.74. The van der Waals surface area contributed by atoms with Gasteiger partial charge < -0.3 is 15.2 Å². The summed E-state index contributed by atoms with van der Waals surface area (Å²) in [4.78, 5) is 23.0. The molecule has 0 saturated carbocycles. The summed E-state index contributed by atoms with van der Waals surface area (Å²) in [5.74, 6) is -3.84. The summed E-state index contributed by atoms with van der Waals surface area (Å²) in [6, 6.07) is 8.62. The summed E-state index contributed by atoms with van der Waals surface area (Å²) < 4.78 is 32.0. The summed E-state index contributed by atoms with van der Waals surface area (Å²) in [5, 5.41) is 10.3. The molecular formula is C16H12ClF2NO4. The third-order valence-electron chi connectivity index (χ3n) is 3.10. The lowest BCUT2D eigenvalue weighted by Gasteiger charge is -2.16. The monoisotopic (exact) mass is 355 g/mol. The maximum Gasteiger partial charge on any atom is 0.408 e. The van der Waals surface area contributed by atoms with Crippen LogP contribution in [0.1, 0.15) is 17.2 Å². The first kappa shape index (κ1) is 17.7. The van der Waals surface area contributed by atoms with Crippen LogP contribution in [0.5, 0.6) is 0 Å². The summed E-state index contributed by atoms with van der Waals surface area (Å²) in [6.45, 7) is -0.0916. The average molecular weight is 356 g/mol. The molecule has 2 N–H and O–H groups in total. The van der Waals surface area contributed by atoms with E-state index in [1.165, 1.54) is 0 Å². The Kier molecular flexibility index (Phi) is 5.70. The van der Waals surface area contributed by atoms with Crippen LogP contribution in [0.3, 0.4) is 0 Å². The van der Waals surface area contributed by atoms with Crippen LogP contribution >= 0.6 is 11.6 Å². The van der Waals surface area contributed by atoms with Crippen molar-refractivity contribution in [2.75, 3.05) is 0 Å². The third kappa shape index (κ3) is 4.20. The second-order valence-electron chi connectivity index (χ2n) is 4.74. The lowest BCUT2D eigenvalue weighted by atomic mass is 10.1. The summed E-state index contributed by atoms with van der Waals surface area (Å²) in [5.41, 5.74) is 0.209. The zero-order valence-corrected chi connectivity index (χ0v) is 12.9. The quantitative estimate of drug-likeness (QED) is 0.802. The smallest absolute Gasteiger partial charge is 0.408 e. The van der Waals surface area contributed by atoms with E-state index in [-0.39, 0.29) is 6.61 Å². The molecule has 2 rings (SSSR count). The Bertz CT molecular complexity index is 755. The lowest BCUT2D eigenvalue weighted by molar-refractivity contribution is -0.139. The highest BCUT2D eigenvalue weighted by Crippen LogP contribution is 2.26. The number of halogens is 3. The molecule has 0 bridgehead atoms. The molecule has 126 valence electrons. The average Bonchev–Trinajstić information content (AvgIpc) is 2.57. The molecule has 0 saturated heterocycles. The molecule has 5 nitrogen and oxygen atoms in total. The largest absolute Gasteiger partial charge is 0.479 e. The zero-order chi connectivity index (χ0) is 17.7. The van der Waals surface area contributed by atoms with Gasteiger partial charge in [0.05, 0.1) is 0 Å². The number of hydrogen-bond acceptors (Lipinski definition) is 3. The van der Waals surface area contributed by atoms with Gasteiger partial charge in [0.2, 0.25) is 0 Å². The molecule has 24 heavy (non-hydrogen) atoms. The summed E-state index contributed by atoms with van der Waals surface area (Å²) in [6.07, 6.45) is -1.06. The minimum atomic E-state index is -1.77. The predicted molar refractivity (Wildman–Crippen MR) is 81.5 cm³/mol. The van der Waals surface area contributed by atoms with Crippen molar-refractivity contribution in [2.24, 2.45) is 0 Å². The number of hydrogen-bond donors (Lipinski definition) is 2. The van der Waals surface area contributed by atoms with Crippen LogP contribution in [-0.4, -0.2) is 17.2 Å². The van der Waals surface area contributed by atoms with Crippen molar-refractivity contribution in [1.29, 1.82) is 0 Å². The number of alkyl carbamates (subject to hydrolysis) is 1. The van der Waals surface area contributed by atoms with Crippen molar-refractivity contribution in [2.45, 2.75) is 12.6 Å². The van der Waals surface area contributed by atoms with E-state index in [1.807, 2.05) is 5.32 Å². The maximum atomic E-state index is 13.9. The minimum Gasteiger partial charge on any atom is -0.479 e. The van der Waals surface area contributed by atoms with E-state index in [2.05, 4.69) is 0 Å². The van der Waals surface area contributed by atoms with Gasteiger partial charge in [0.15, 0.2) is 11.9 Å². The number of nitrogens with one attached hydrogen (secondary N) is 1. The molecule has 2 aromatic rings. The molecule has 2 aromatic carbocycles. The molecule has 0 fully saturated rings. The van der Waals surface area contributed by atoms with Crippen LogP contribution < -0.4 is 5.32 Å². The van der Waals surface area contributed by atoms with Gasteiger partial charge in [0.25, 0.3) is 0 Å². The Labute approximate surface area is 140 Å². The second-order valence-corrected chi connectivity index (χ2v) is 5.12. The van der Waals surface area contributed by atoms with E-state index in [0.29, 0.717) is 5.56 Å². The van der Waals surface area contributed by atoms with Crippen LogP contribution in [0.25, 0.3) is 0 Å². The Hall–Kier alpha value is -2.67. The van der Waals surface area contributed by atoms with Crippen LogP contribution in [0.2, 0.25) is 5.02 Å². The summed E-state index contributed by atoms with van der Waals surface area (Å²) in [7, 11) is 0. The lowest BCUT2D eigenvalue weighted by Crippen LogP contribution is -2.34. The molecule has 1 atom stereocenters. The highest BCUT2D eigenvalue weighted by molar-refractivity contribution is 6.31. The topological polar surface area (TPSA) is 75.6 Å². The normalized spacial score (nSPS) is 11.6. The van der Waals surface area contributed by atoms with Crippen LogP contribution in [0.15, 0.2) is 42.5 Å². The van der Waals surface area contributed by atoms with Crippen molar-refractivity contribution in [3.8, 4) is 0 Å². The third-order valence-corrected chi connectivity index (χ3v) is 3.44. The van der Waals surface area contributed by atoms with Gasteiger partial charge in [0.1, 0.15) is 17.4 Å². The Morgan fingerprint density at radius 2 is 1.83 bits per heavy atom. The minimum absolute atomic E-state index is 0.0916. The molecule has 0 radical (unpaired) electrons. The van der Waals surface area contributed by atoms with Crippen LogP contribution in [0.4, 0.5) is 13.6 Å². The zero-order valence-electron chi connectivity index (χ0n) is 12.1. The standard InChI is InChI=1S/C16H12ClF2NO4/c17-12-11(18)7-6-10(13(12)19)14(15(21)22)20-16(23)24-8-9-4-2-1-3-5-9/h1-7,14H,8H2,(H,20,23)(H,21,22). The molecule has 1 amide bonds. The Morgan fingerprint density at radius 3 is 2.46 bits per heavy atom. The molecule has 0 aromatic heterocycles. The fourth-order valence-corrected chi connectivity index (χ4v) is 2.09. The molecule has 0 aliphatic carbocycles. The van der Waals surface area contributed by atoms with E-state index in [0.717, 1.165) is 12.1 Å². The molecule has 0 aliphatic rings. The van der Waals surface area contributed by atoms with Crippen molar-refractivity contribution in [3.05, 3.63) is 70.2 Å². The van der Waals surface area contributed by atoms with Gasteiger partial charge in [-0.15, -0.1) is 0 Å². The number of carbonyl (C=O) groups excluding carboxylic acids is 1. The number of amides is 1. The van der Waals surface area contributed by atoms with Crippen molar-refractivity contribution < 1.29 is 28.2 Å². The van der Waals surface area contributed by atoms with E-state index in [4.69, 9.17) is 16.3 Å². The van der Waals surface area contributed by atoms with Crippen LogP contribution in [-0.2, 0) is 16.1 Å². The van der Waals surface area contributed by atoms with E-state index < -0.39 is 40.3 Å². The molecule has 8 heteroatoms. The highest BCUT2D eigenvalue weighted by Gasteiger charge is 2.27. The van der Waals surface area contributed by atoms with Crippen LogP contribution in [0, 0.1) is 11.6 Å². The van der Waals surface area contributed by atoms with Crippen molar-refractivity contribution >= 4 is 23.7 Å². The molecule has 0 heterocycles. The van der Waals surface area contributed by atoms with Gasteiger partial charge >= 0.3 is 12.1 Å². The van der Waals surface area contributed by atoms with Gasteiger partial charge in [0, 0.05) is 5.56 Å². The van der Waals surface area contributed by atoms with E-state index in [1.54, 1.807) is 30.3 Å². The number of benzene rings is 2. The SMILES string of the molecule is O=C(NC(C(=O)O)c1ccc(F)c(Cl)c1F)OCc1ccccc1. The molecule has 0 spiro atoms. The maximum absolute atomic E-state index is 13.9. The molecule has 1 unspecified atom stereocenters.